The zero-order valence-electron chi connectivity index (χ0n) is 23.3. The first kappa shape index (κ1) is 38.6. The number of carbonyl (C=O) groups is 8. The van der Waals surface area contributed by atoms with Crippen LogP contribution in [-0.4, -0.2) is 163 Å². The van der Waals surface area contributed by atoms with E-state index in [2.05, 4.69) is 5.32 Å². The second-order valence-corrected chi connectivity index (χ2v) is 9.60. The van der Waals surface area contributed by atoms with Gasteiger partial charge < -0.3 is 41.1 Å². The molecule has 19 heteroatoms. The molecule has 0 fully saturated rings. The molecule has 1 amide bonds. The number of aliphatic carboxylic acids is 7. The fraction of sp³-hybridized carbons (Fsp3) is 0.667. The van der Waals surface area contributed by atoms with Gasteiger partial charge in [-0.1, -0.05) is 6.42 Å². The lowest BCUT2D eigenvalue weighted by atomic mass is 10.0. The predicted octanol–water partition coefficient (Wildman–Crippen LogP) is -2.32. The molecule has 0 aliphatic heterocycles. The molecule has 8 N–H and O–H groups in total. The van der Waals surface area contributed by atoms with Crippen molar-refractivity contribution in [2.24, 2.45) is 0 Å². The molecule has 2 atom stereocenters. The molecule has 244 valence electrons. The van der Waals surface area contributed by atoms with E-state index in [0.29, 0.717) is 0 Å². The van der Waals surface area contributed by atoms with Crippen LogP contribution in [0.4, 0.5) is 0 Å². The quantitative estimate of drug-likeness (QED) is 0.0469. The number of nitrogens with one attached hydrogen (secondary N) is 1. The lowest BCUT2D eigenvalue weighted by Crippen LogP contribution is -2.54. The summed E-state index contributed by atoms with van der Waals surface area (Å²) in [5.74, 6) is -10.4. The maximum atomic E-state index is 13.2. The third kappa shape index (κ3) is 19.4. The first-order valence-corrected chi connectivity index (χ1v) is 13.0. The van der Waals surface area contributed by atoms with E-state index in [-0.39, 0.29) is 51.6 Å². The minimum absolute atomic E-state index is 0.00723. The van der Waals surface area contributed by atoms with Crippen LogP contribution in [0.1, 0.15) is 38.5 Å². The van der Waals surface area contributed by atoms with Crippen molar-refractivity contribution in [1.29, 1.82) is 0 Å². The summed E-state index contributed by atoms with van der Waals surface area (Å²) in [5, 5.41) is 66.1. The van der Waals surface area contributed by atoms with Crippen LogP contribution in [0.2, 0.25) is 0 Å². The molecule has 43 heavy (non-hydrogen) atoms. The number of nitrogens with zero attached hydrogens (tertiary/aromatic N) is 3. The first-order chi connectivity index (χ1) is 20.0. The average Bonchev–Trinajstić information content (AvgIpc) is 2.82. The van der Waals surface area contributed by atoms with Crippen LogP contribution < -0.4 is 5.32 Å². The third-order valence-corrected chi connectivity index (χ3v) is 5.89. The van der Waals surface area contributed by atoms with E-state index in [1.54, 1.807) is 0 Å². The van der Waals surface area contributed by atoms with Crippen molar-refractivity contribution in [2.45, 2.75) is 50.6 Å². The molecule has 0 aliphatic rings. The Balaban J connectivity index is 5.53. The van der Waals surface area contributed by atoms with Crippen LogP contribution in [-0.2, 0) is 38.4 Å². The zero-order chi connectivity index (χ0) is 33.1. The van der Waals surface area contributed by atoms with E-state index < -0.39 is 99.0 Å². The van der Waals surface area contributed by atoms with Gasteiger partial charge in [0.15, 0.2) is 0 Å². The maximum Gasteiger partial charge on any atom is 0.326 e. The SMILES string of the molecule is O=C(O)CN(CCCC[C@H](NC(=O)[C@H](CCCCN(CC(=O)O)CC(=O)O)N(CC(=O)O)CC(=O)O)C(=O)O)CC(=O)O. The van der Waals surface area contributed by atoms with E-state index in [1.165, 1.54) is 0 Å². The van der Waals surface area contributed by atoms with Gasteiger partial charge in [0.25, 0.3) is 0 Å². The molecular weight excluding hydrogens is 584 g/mol. The Kier molecular flexibility index (Phi) is 18.4. The molecule has 0 unspecified atom stereocenters. The molecule has 0 aliphatic carbocycles. The Morgan fingerprint density at radius 3 is 1.16 bits per heavy atom. The normalized spacial score (nSPS) is 12.5. The predicted molar refractivity (Wildman–Crippen MR) is 141 cm³/mol. The summed E-state index contributed by atoms with van der Waals surface area (Å²) in [5.41, 5.74) is 0. The monoisotopic (exact) mass is 622 g/mol. The van der Waals surface area contributed by atoms with Crippen LogP contribution >= 0.6 is 0 Å². The highest BCUT2D eigenvalue weighted by Crippen LogP contribution is 2.13. The first-order valence-electron chi connectivity index (χ1n) is 13.0. The van der Waals surface area contributed by atoms with Crippen molar-refractivity contribution in [3.8, 4) is 0 Å². The van der Waals surface area contributed by atoms with E-state index in [1.807, 2.05) is 0 Å². The van der Waals surface area contributed by atoms with Gasteiger partial charge in [-0.2, -0.15) is 0 Å². The van der Waals surface area contributed by atoms with Crippen LogP contribution in [0.3, 0.4) is 0 Å². The lowest BCUT2D eigenvalue weighted by molar-refractivity contribution is -0.147. The molecular formula is C24H38N4O15. The Hall–Kier alpha value is -4.36. The smallest absolute Gasteiger partial charge is 0.326 e. The summed E-state index contributed by atoms with van der Waals surface area (Å²) in [4.78, 5) is 94.6. The zero-order valence-corrected chi connectivity index (χ0v) is 23.3. The highest BCUT2D eigenvalue weighted by atomic mass is 16.4. The van der Waals surface area contributed by atoms with Gasteiger partial charge in [-0.25, -0.2) is 4.79 Å². The molecule has 0 aromatic carbocycles. The summed E-state index contributed by atoms with van der Waals surface area (Å²) < 4.78 is 0. The molecule has 0 saturated carbocycles. The molecule has 0 rings (SSSR count). The van der Waals surface area contributed by atoms with Gasteiger partial charge in [0.2, 0.25) is 5.91 Å². The second-order valence-electron chi connectivity index (χ2n) is 9.60. The Labute approximate surface area is 245 Å². The number of carbonyl (C=O) groups excluding carboxylic acids is 1. The van der Waals surface area contributed by atoms with Gasteiger partial charge in [0.1, 0.15) is 6.04 Å². The number of amides is 1. The van der Waals surface area contributed by atoms with Crippen LogP contribution in [0.25, 0.3) is 0 Å². The van der Waals surface area contributed by atoms with Crippen molar-refractivity contribution in [3.63, 3.8) is 0 Å². The second kappa shape index (κ2) is 20.5. The van der Waals surface area contributed by atoms with Crippen LogP contribution in [0.15, 0.2) is 0 Å². The Morgan fingerprint density at radius 1 is 0.488 bits per heavy atom. The van der Waals surface area contributed by atoms with Gasteiger partial charge in [-0.05, 0) is 45.2 Å². The Bertz CT molecular complexity index is 957. The van der Waals surface area contributed by atoms with Crippen molar-refractivity contribution in [2.75, 3.05) is 52.4 Å². The number of hydrogen-bond acceptors (Lipinski definition) is 11. The fourth-order valence-corrected chi connectivity index (χ4v) is 4.18. The van der Waals surface area contributed by atoms with Crippen molar-refractivity contribution >= 4 is 47.7 Å². The molecule has 0 aromatic heterocycles. The molecule has 0 bridgehead atoms. The summed E-state index contributed by atoms with van der Waals surface area (Å²) in [6, 6.07) is -2.93. The largest absolute Gasteiger partial charge is 0.480 e. The van der Waals surface area contributed by atoms with Crippen LogP contribution in [0, 0.1) is 0 Å². The maximum absolute atomic E-state index is 13.2. The number of hydrogen-bond donors (Lipinski definition) is 8. The number of unbranched alkanes of at least 4 members (excludes halogenated alkanes) is 2. The lowest BCUT2D eigenvalue weighted by Gasteiger charge is -2.29. The number of carboxylic acid groups (broad SMARTS) is 7. The van der Waals surface area contributed by atoms with Crippen LogP contribution in [0.5, 0.6) is 0 Å². The number of carboxylic acids is 7. The van der Waals surface area contributed by atoms with Gasteiger partial charge in [-0.3, -0.25) is 48.3 Å². The molecule has 0 radical (unpaired) electrons. The standard InChI is InChI=1S/C24H38N4O15/c29-17(30)9-26(10-18(31)32)7-3-1-5-15(24(42)43)25-23(41)16(28(13-21(37)38)14-22(39)40)6-2-4-8-27(11-19(33)34)12-20(35)36/h15-16H,1-14H2,(H,25,41)(H,29,30)(H,31,32)(H,33,34)(H,35,36)(H,37,38)(H,39,40)(H,42,43)/t15-,16-/m0/s1. The van der Waals surface area contributed by atoms with Gasteiger partial charge in [0.05, 0.1) is 45.3 Å². The molecule has 19 nitrogen and oxygen atoms in total. The van der Waals surface area contributed by atoms with E-state index in [9.17, 15) is 53.7 Å². The van der Waals surface area contributed by atoms with E-state index in [0.717, 1.165) is 14.7 Å². The number of rotatable bonds is 26. The third-order valence-electron chi connectivity index (χ3n) is 5.89. The van der Waals surface area contributed by atoms with Crippen molar-refractivity contribution < 1.29 is 74.1 Å². The molecule has 0 heterocycles. The topological polar surface area (TPSA) is 300 Å². The van der Waals surface area contributed by atoms with Gasteiger partial charge in [0, 0.05) is 0 Å². The van der Waals surface area contributed by atoms with Gasteiger partial charge in [-0.15, -0.1) is 0 Å². The summed E-state index contributed by atoms with van der Waals surface area (Å²) >= 11 is 0. The summed E-state index contributed by atoms with van der Waals surface area (Å²) in [7, 11) is 0. The minimum Gasteiger partial charge on any atom is -0.480 e. The van der Waals surface area contributed by atoms with E-state index >= 15 is 0 Å². The molecule has 0 saturated heterocycles. The highest BCUT2D eigenvalue weighted by molar-refractivity contribution is 5.88. The minimum atomic E-state index is -1.50. The highest BCUT2D eigenvalue weighted by Gasteiger charge is 2.32. The van der Waals surface area contributed by atoms with E-state index in [4.69, 9.17) is 20.4 Å². The average molecular weight is 623 g/mol. The summed E-state index contributed by atoms with van der Waals surface area (Å²) in [6.07, 6.45) is 0.185. The summed E-state index contributed by atoms with van der Waals surface area (Å²) in [6.45, 7) is -4.04. The fourth-order valence-electron chi connectivity index (χ4n) is 4.18. The molecule has 0 aromatic rings. The van der Waals surface area contributed by atoms with Crippen molar-refractivity contribution in [1.82, 2.24) is 20.0 Å². The van der Waals surface area contributed by atoms with Crippen molar-refractivity contribution in [3.05, 3.63) is 0 Å². The van der Waals surface area contributed by atoms with Gasteiger partial charge >= 0.3 is 41.8 Å². The molecule has 0 spiro atoms. The Morgan fingerprint density at radius 2 is 0.837 bits per heavy atom.